The second-order valence-corrected chi connectivity index (χ2v) is 7.41. The number of amides is 2. The van der Waals surface area contributed by atoms with Gasteiger partial charge in [-0.15, -0.1) is 0 Å². The van der Waals surface area contributed by atoms with Crippen LogP contribution in [0.3, 0.4) is 0 Å². The SMILES string of the molecule is COc1cccc(CNC(=O)C2CCCN2C(=O)c2ccc3ccccc3c2O)c1. The maximum atomic E-state index is 13.2. The molecule has 3 aromatic rings. The predicted molar refractivity (Wildman–Crippen MR) is 115 cm³/mol. The van der Waals surface area contributed by atoms with Gasteiger partial charge in [0.15, 0.2) is 0 Å². The molecule has 0 bridgehead atoms. The number of benzene rings is 3. The molecule has 0 radical (unpaired) electrons. The van der Waals surface area contributed by atoms with E-state index >= 15 is 0 Å². The molecule has 2 amide bonds. The molecular weight excluding hydrogens is 380 g/mol. The highest BCUT2D eigenvalue weighted by Gasteiger charge is 2.35. The number of methoxy groups -OCH3 is 1. The van der Waals surface area contributed by atoms with Crippen LogP contribution in [-0.2, 0) is 11.3 Å². The molecule has 2 N–H and O–H groups in total. The maximum Gasteiger partial charge on any atom is 0.258 e. The Morgan fingerprint density at radius 2 is 1.97 bits per heavy atom. The van der Waals surface area contributed by atoms with E-state index in [1.807, 2.05) is 48.5 Å². The van der Waals surface area contributed by atoms with E-state index in [9.17, 15) is 14.7 Å². The standard InChI is InChI=1S/C24H24N2O4/c1-30-18-8-4-6-16(14-18)15-25-23(28)21-10-5-13-26(21)24(29)20-12-11-17-7-2-3-9-19(17)22(20)27/h2-4,6-9,11-12,14,21,27H,5,10,13,15H2,1H3,(H,25,28). The molecule has 0 aliphatic carbocycles. The normalized spacial score (nSPS) is 15.9. The molecule has 1 atom stereocenters. The molecule has 0 spiro atoms. The van der Waals surface area contributed by atoms with Crippen molar-refractivity contribution in [3.8, 4) is 11.5 Å². The number of carbonyl (C=O) groups is 2. The number of likely N-dealkylation sites (tertiary alicyclic amines) is 1. The lowest BCUT2D eigenvalue weighted by Crippen LogP contribution is -2.45. The van der Waals surface area contributed by atoms with Crippen molar-refractivity contribution in [3.63, 3.8) is 0 Å². The number of hydrogen-bond donors (Lipinski definition) is 2. The summed E-state index contributed by atoms with van der Waals surface area (Å²) in [6.07, 6.45) is 1.35. The fraction of sp³-hybridized carbons (Fsp3) is 0.250. The third-order valence-electron chi connectivity index (χ3n) is 5.55. The van der Waals surface area contributed by atoms with Gasteiger partial charge in [0.1, 0.15) is 17.5 Å². The quantitative estimate of drug-likeness (QED) is 0.683. The number of nitrogens with zero attached hydrogens (tertiary/aromatic N) is 1. The number of aromatic hydroxyl groups is 1. The summed E-state index contributed by atoms with van der Waals surface area (Å²) in [7, 11) is 1.60. The molecule has 3 aromatic carbocycles. The summed E-state index contributed by atoms with van der Waals surface area (Å²) >= 11 is 0. The van der Waals surface area contributed by atoms with E-state index in [1.54, 1.807) is 24.1 Å². The summed E-state index contributed by atoms with van der Waals surface area (Å²) in [6.45, 7) is 0.845. The Hall–Kier alpha value is -3.54. The van der Waals surface area contributed by atoms with Crippen molar-refractivity contribution in [2.45, 2.75) is 25.4 Å². The minimum atomic E-state index is -0.547. The van der Waals surface area contributed by atoms with Gasteiger partial charge in [-0.1, -0.05) is 42.5 Å². The van der Waals surface area contributed by atoms with Gasteiger partial charge in [0.2, 0.25) is 5.91 Å². The molecule has 1 aliphatic heterocycles. The van der Waals surface area contributed by atoms with Gasteiger partial charge in [-0.25, -0.2) is 0 Å². The molecule has 6 nitrogen and oxygen atoms in total. The zero-order chi connectivity index (χ0) is 21.1. The Morgan fingerprint density at radius 1 is 1.13 bits per heavy atom. The van der Waals surface area contributed by atoms with Crippen LogP contribution in [0.25, 0.3) is 10.8 Å². The van der Waals surface area contributed by atoms with E-state index in [1.165, 1.54) is 0 Å². The second kappa shape index (κ2) is 8.45. The second-order valence-electron chi connectivity index (χ2n) is 7.41. The Bertz CT molecular complexity index is 1100. The van der Waals surface area contributed by atoms with Crippen LogP contribution in [-0.4, -0.2) is 41.5 Å². The molecule has 1 heterocycles. The Labute approximate surface area is 175 Å². The lowest BCUT2D eigenvalue weighted by molar-refractivity contribution is -0.125. The van der Waals surface area contributed by atoms with Gasteiger partial charge in [-0.05, 0) is 42.0 Å². The van der Waals surface area contributed by atoms with Gasteiger partial charge < -0.3 is 20.1 Å². The number of carbonyl (C=O) groups excluding carboxylic acids is 2. The average molecular weight is 404 g/mol. The number of ether oxygens (including phenoxy) is 1. The van der Waals surface area contributed by atoms with Gasteiger partial charge in [-0.3, -0.25) is 9.59 Å². The smallest absolute Gasteiger partial charge is 0.258 e. The Morgan fingerprint density at radius 3 is 2.80 bits per heavy atom. The van der Waals surface area contributed by atoms with Crippen LogP contribution in [0.15, 0.2) is 60.7 Å². The lowest BCUT2D eigenvalue weighted by atomic mass is 10.0. The topological polar surface area (TPSA) is 78.9 Å². The van der Waals surface area contributed by atoms with E-state index in [2.05, 4.69) is 5.32 Å². The van der Waals surface area contributed by atoms with Crippen LogP contribution >= 0.6 is 0 Å². The van der Waals surface area contributed by atoms with E-state index in [4.69, 9.17) is 4.74 Å². The van der Waals surface area contributed by atoms with Gasteiger partial charge in [-0.2, -0.15) is 0 Å². The minimum absolute atomic E-state index is 0.0412. The first-order valence-corrected chi connectivity index (χ1v) is 10.0. The van der Waals surface area contributed by atoms with Gasteiger partial charge >= 0.3 is 0 Å². The highest BCUT2D eigenvalue weighted by molar-refractivity contribution is 6.05. The first-order valence-electron chi connectivity index (χ1n) is 10.0. The number of phenolic OH excluding ortho intramolecular Hbond substituents is 1. The molecule has 154 valence electrons. The molecular formula is C24H24N2O4. The number of rotatable bonds is 5. The first kappa shape index (κ1) is 19.8. The van der Waals surface area contributed by atoms with Crippen molar-refractivity contribution in [2.75, 3.05) is 13.7 Å². The van der Waals surface area contributed by atoms with Crippen LogP contribution in [0, 0.1) is 0 Å². The van der Waals surface area contributed by atoms with Crippen molar-refractivity contribution in [3.05, 3.63) is 71.8 Å². The fourth-order valence-electron chi connectivity index (χ4n) is 3.95. The number of hydrogen-bond acceptors (Lipinski definition) is 4. The van der Waals surface area contributed by atoms with Gasteiger partial charge in [0.05, 0.1) is 12.7 Å². The molecule has 4 rings (SSSR count). The molecule has 0 aromatic heterocycles. The number of phenols is 1. The highest BCUT2D eigenvalue weighted by Crippen LogP contribution is 2.31. The molecule has 6 heteroatoms. The van der Waals surface area contributed by atoms with Crippen molar-refractivity contribution >= 4 is 22.6 Å². The van der Waals surface area contributed by atoms with Crippen LogP contribution in [0.5, 0.6) is 11.5 Å². The summed E-state index contributed by atoms with van der Waals surface area (Å²) in [6, 6.07) is 17.8. The van der Waals surface area contributed by atoms with E-state index in [0.717, 1.165) is 23.1 Å². The average Bonchev–Trinajstić information content (AvgIpc) is 3.28. The van der Waals surface area contributed by atoms with Crippen molar-refractivity contribution in [1.82, 2.24) is 10.2 Å². The summed E-state index contributed by atoms with van der Waals surface area (Å²) in [5.41, 5.74) is 1.15. The molecule has 1 aliphatic rings. The van der Waals surface area contributed by atoms with Crippen molar-refractivity contribution in [2.24, 2.45) is 0 Å². The molecule has 0 saturated carbocycles. The van der Waals surface area contributed by atoms with E-state index < -0.39 is 6.04 Å². The number of fused-ring (bicyclic) bond motifs is 1. The van der Waals surface area contributed by atoms with Crippen LogP contribution in [0.2, 0.25) is 0 Å². The highest BCUT2D eigenvalue weighted by atomic mass is 16.5. The molecule has 30 heavy (non-hydrogen) atoms. The summed E-state index contributed by atoms with van der Waals surface area (Å²) in [4.78, 5) is 27.5. The summed E-state index contributed by atoms with van der Waals surface area (Å²) in [5.74, 6) is 0.174. The largest absolute Gasteiger partial charge is 0.506 e. The van der Waals surface area contributed by atoms with Crippen LogP contribution < -0.4 is 10.1 Å². The maximum absolute atomic E-state index is 13.2. The molecule has 1 fully saturated rings. The predicted octanol–water partition coefficient (Wildman–Crippen LogP) is 3.48. The van der Waals surface area contributed by atoms with Crippen molar-refractivity contribution < 1.29 is 19.4 Å². The van der Waals surface area contributed by atoms with Crippen LogP contribution in [0.1, 0.15) is 28.8 Å². The van der Waals surface area contributed by atoms with Gasteiger partial charge in [0, 0.05) is 18.5 Å². The first-order chi connectivity index (χ1) is 14.6. The van der Waals surface area contributed by atoms with Crippen LogP contribution in [0.4, 0.5) is 0 Å². The monoisotopic (exact) mass is 404 g/mol. The van der Waals surface area contributed by atoms with E-state index in [0.29, 0.717) is 24.9 Å². The fourth-order valence-corrected chi connectivity index (χ4v) is 3.95. The summed E-state index contributed by atoms with van der Waals surface area (Å²) in [5, 5.41) is 15.1. The summed E-state index contributed by atoms with van der Waals surface area (Å²) < 4.78 is 5.21. The van der Waals surface area contributed by atoms with E-state index in [-0.39, 0.29) is 23.1 Å². The van der Waals surface area contributed by atoms with Crippen molar-refractivity contribution in [1.29, 1.82) is 0 Å². The van der Waals surface area contributed by atoms with Gasteiger partial charge in [0.25, 0.3) is 5.91 Å². The third-order valence-corrected chi connectivity index (χ3v) is 5.55. The molecule has 1 unspecified atom stereocenters. The zero-order valence-corrected chi connectivity index (χ0v) is 16.8. The molecule has 1 saturated heterocycles. The third kappa shape index (κ3) is 3.81. The Kier molecular flexibility index (Phi) is 5.57. The zero-order valence-electron chi connectivity index (χ0n) is 16.8. The Balaban J connectivity index is 1.49. The minimum Gasteiger partial charge on any atom is -0.506 e. The number of nitrogens with one attached hydrogen (secondary N) is 1. The lowest BCUT2D eigenvalue weighted by Gasteiger charge is -2.24.